The smallest absolute Gasteiger partial charge is 0.457 e. The lowest BCUT2D eigenvalue weighted by molar-refractivity contribution is 0.184. The summed E-state index contributed by atoms with van der Waals surface area (Å²) >= 11 is 0. The SMILES string of the molecule is CN(Cc1ccc(Oc2ccc3c(c2)COB3O)cc1)C1CCCCC1. The van der Waals surface area contributed by atoms with Gasteiger partial charge in [0.1, 0.15) is 11.5 Å². The highest BCUT2D eigenvalue weighted by Crippen LogP contribution is 2.26. The van der Waals surface area contributed by atoms with Gasteiger partial charge in [0.05, 0.1) is 6.61 Å². The maximum absolute atomic E-state index is 9.69. The van der Waals surface area contributed by atoms with E-state index in [1.807, 2.05) is 30.3 Å². The van der Waals surface area contributed by atoms with Crippen molar-refractivity contribution in [2.45, 2.75) is 51.3 Å². The number of ether oxygens (including phenoxy) is 1. The van der Waals surface area contributed by atoms with Crippen LogP contribution in [0.15, 0.2) is 42.5 Å². The molecular formula is C21H26BNO3. The van der Waals surface area contributed by atoms with E-state index in [9.17, 15) is 5.02 Å². The number of nitrogens with zero attached hydrogens (tertiary/aromatic N) is 1. The molecule has 0 radical (unpaired) electrons. The predicted octanol–water partition coefficient (Wildman–Crippen LogP) is 3.46. The van der Waals surface area contributed by atoms with E-state index in [0.29, 0.717) is 6.61 Å². The van der Waals surface area contributed by atoms with Crippen molar-refractivity contribution in [2.75, 3.05) is 7.05 Å². The molecule has 5 heteroatoms. The van der Waals surface area contributed by atoms with Crippen LogP contribution in [0.25, 0.3) is 0 Å². The molecule has 26 heavy (non-hydrogen) atoms. The van der Waals surface area contributed by atoms with Gasteiger partial charge in [-0.15, -0.1) is 0 Å². The van der Waals surface area contributed by atoms with Crippen molar-refractivity contribution in [2.24, 2.45) is 0 Å². The lowest BCUT2D eigenvalue weighted by Crippen LogP contribution is -2.32. The monoisotopic (exact) mass is 351 g/mol. The van der Waals surface area contributed by atoms with E-state index in [2.05, 4.69) is 24.1 Å². The second-order valence-corrected chi connectivity index (χ2v) is 7.48. The summed E-state index contributed by atoms with van der Waals surface area (Å²) in [5.74, 6) is 1.60. The van der Waals surface area contributed by atoms with Gasteiger partial charge < -0.3 is 14.4 Å². The van der Waals surface area contributed by atoms with Crippen LogP contribution in [-0.4, -0.2) is 30.1 Å². The number of hydrogen-bond donors (Lipinski definition) is 1. The Bertz CT molecular complexity index is 743. The fourth-order valence-corrected chi connectivity index (χ4v) is 4.01. The van der Waals surface area contributed by atoms with Gasteiger partial charge in [0.15, 0.2) is 0 Å². The van der Waals surface area contributed by atoms with E-state index in [0.717, 1.165) is 35.1 Å². The van der Waals surface area contributed by atoms with Crippen LogP contribution in [0.1, 0.15) is 43.2 Å². The number of rotatable bonds is 5. The van der Waals surface area contributed by atoms with Crippen molar-refractivity contribution in [1.82, 2.24) is 4.90 Å². The van der Waals surface area contributed by atoms with Gasteiger partial charge in [-0.25, -0.2) is 0 Å². The molecule has 1 aliphatic heterocycles. The van der Waals surface area contributed by atoms with E-state index in [1.54, 1.807) is 0 Å². The first-order chi connectivity index (χ1) is 12.7. The molecule has 0 spiro atoms. The van der Waals surface area contributed by atoms with Crippen molar-refractivity contribution in [1.29, 1.82) is 0 Å². The van der Waals surface area contributed by atoms with Crippen molar-refractivity contribution in [3.05, 3.63) is 53.6 Å². The highest BCUT2D eigenvalue weighted by molar-refractivity contribution is 6.61. The maximum Gasteiger partial charge on any atom is 0.491 e. The summed E-state index contributed by atoms with van der Waals surface area (Å²) in [6.07, 6.45) is 6.78. The molecule has 1 aliphatic carbocycles. The molecule has 136 valence electrons. The Morgan fingerprint density at radius 2 is 1.81 bits per heavy atom. The predicted molar refractivity (Wildman–Crippen MR) is 104 cm³/mol. The Labute approximate surface area is 155 Å². The molecule has 4 nitrogen and oxygen atoms in total. The molecule has 0 amide bonds. The maximum atomic E-state index is 9.69. The molecule has 0 unspecified atom stereocenters. The van der Waals surface area contributed by atoms with E-state index < -0.39 is 7.12 Å². The average molecular weight is 351 g/mol. The second-order valence-electron chi connectivity index (χ2n) is 7.48. The molecule has 0 bridgehead atoms. The molecule has 0 saturated heterocycles. The minimum Gasteiger partial charge on any atom is -0.457 e. The Morgan fingerprint density at radius 1 is 1.08 bits per heavy atom. The van der Waals surface area contributed by atoms with E-state index in [-0.39, 0.29) is 0 Å². The number of benzene rings is 2. The first-order valence-electron chi connectivity index (χ1n) is 9.58. The zero-order valence-corrected chi connectivity index (χ0v) is 15.4. The topological polar surface area (TPSA) is 41.9 Å². The average Bonchev–Trinajstić information content (AvgIpc) is 3.04. The van der Waals surface area contributed by atoms with Crippen LogP contribution in [0.2, 0.25) is 0 Å². The van der Waals surface area contributed by atoms with E-state index in [1.165, 1.54) is 37.7 Å². The molecular weight excluding hydrogens is 325 g/mol. The summed E-state index contributed by atoms with van der Waals surface area (Å²) in [4.78, 5) is 2.49. The van der Waals surface area contributed by atoms with E-state index >= 15 is 0 Å². The van der Waals surface area contributed by atoms with Crippen LogP contribution in [0.3, 0.4) is 0 Å². The molecule has 1 N–H and O–H groups in total. The number of fused-ring (bicyclic) bond motifs is 1. The molecule has 2 aromatic carbocycles. The molecule has 1 heterocycles. The van der Waals surface area contributed by atoms with Gasteiger partial charge in [0.2, 0.25) is 0 Å². The molecule has 1 saturated carbocycles. The van der Waals surface area contributed by atoms with Crippen molar-refractivity contribution < 1.29 is 14.4 Å². The van der Waals surface area contributed by atoms with Crippen molar-refractivity contribution in [3.63, 3.8) is 0 Å². The summed E-state index contributed by atoms with van der Waals surface area (Å²) < 4.78 is 11.2. The molecule has 4 rings (SSSR count). The van der Waals surface area contributed by atoms with Gasteiger partial charge in [0, 0.05) is 12.6 Å². The first-order valence-corrected chi connectivity index (χ1v) is 9.58. The van der Waals surface area contributed by atoms with Crippen molar-refractivity contribution in [3.8, 4) is 11.5 Å². The molecule has 0 atom stereocenters. The van der Waals surface area contributed by atoms with Crippen LogP contribution in [0.5, 0.6) is 11.5 Å². The summed E-state index contributed by atoms with van der Waals surface area (Å²) in [5.41, 5.74) is 3.13. The fourth-order valence-electron chi connectivity index (χ4n) is 4.01. The Balaban J connectivity index is 1.37. The summed E-state index contributed by atoms with van der Waals surface area (Å²) in [6.45, 7) is 1.42. The Kier molecular flexibility index (Phi) is 5.29. The Hall–Kier alpha value is -1.82. The molecule has 2 aromatic rings. The van der Waals surface area contributed by atoms with Gasteiger partial charge in [0.25, 0.3) is 0 Å². The highest BCUT2D eigenvalue weighted by atomic mass is 16.5. The fraction of sp³-hybridized carbons (Fsp3) is 0.429. The van der Waals surface area contributed by atoms with Crippen LogP contribution in [0, 0.1) is 0 Å². The second kappa shape index (κ2) is 7.83. The normalized spacial score (nSPS) is 17.6. The van der Waals surface area contributed by atoms with Gasteiger partial charge >= 0.3 is 7.12 Å². The van der Waals surface area contributed by atoms with Gasteiger partial charge in [-0.1, -0.05) is 37.5 Å². The van der Waals surface area contributed by atoms with Crippen molar-refractivity contribution >= 4 is 12.6 Å². The van der Waals surface area contributed by atoms with E-state index in [4.69, 9.17) is 9.39 Å². The van der Waals surface area contributed by atoms with Crippen LogP contribution < -0.4 is 10.2 Å². The standard InChI is InChI=1S/C21H26BNO3/c1-23(18-5-3-2-4-6-18)14-16-7-9-19(10-8-16)26-20-11-12-21-17(13-20)15-25-22(21)24/h7-13,18,24H,2-6,14-15H2,1H3. The third kappa shape index (κ3) is 3.95. The minimum absolute atomic E-state index is 0.431. The summed E-state index contributed by atoms with van der Waals surface area (Å²) in [6, 6.07) is 14.8. The quantitative estimate of drug-likeness (QED) is 0.838. The third-order valence-corrected chi connectivity index (χ3v) is 5.57. The van der Waals surface area contributed by atoms with Crippen LogP contribution in [0.4, 0.5) is 0 Å². The summed E-state index contributed by atoms with van der Waals surface area (Å²) in [5, 5.41) is 9.69. The largest absolute Gasteiger partial charge is 0.491 e. The lowest BCUT2D eigenvalue weighted by Gasteiger charge is -2.31. The highest BCUT2D eigenvalue weighted by Gasteiger charge is 2.27. The molecule has 2 aliphatic rings. The van der Waals surface area contributed by atoms with Gasteiger partial charge in [-0.05, 0) is 60.7 Å². The molecule has 1 fully saturated rings. The number of hydrogen-bond acceptors (Lipinski definition) is 4. The summed E-state index contributed by atoms with van der Waals surface area (Å²) in [7, 11) is 1.43. The zero-order valence-electron chi connectivity index (χ0n) is 15.4. The van der Waals surface area contributed by atoms with Gasteiger partial charge in [-0.3, -0.25) is 4.90 Å². The lowest BCUT2D eigenvalue weighted by atomic mass is 9.80. The van der Waals surface area contributed by atoms with Gasteiger partial charge in [-0.2, -0.15) is 0 Å². The van der Waals surface area contributed by atoms with Crippen LogP contribution in [-0.2, 0) is 17.8 Å². The third-order valence-electron chi connectivity index (χ3n) is 5.57. The zero-order chi connectivity index (χ0) is 17.9. The Morgan fingerprint density at radius 3 is 2.58 bits per heavy atom. The molecule has 0 aromatic heterocycles. The van der Waals surface area contributed by atoms with Crippen LogP contribution >= 0.6 is 0 Å². The minimum atomic E-state index is -0.806. The first kappa shape index (κ1) is 17.6.